The van der Waals surface area contributed by atoms with E-state index in [4.69, 9.17) is 4.74 Å². The van der Waals surface area contributed by atoms with Crippen molar-refractivity contribution in [2.75, 3.05) is 5.32 Å². The van der Waals surface area contributed by atoms with Crippen molar-refractivity contribution in [1.82, 2.24) is 0 Å². The molecule has 1 fully saturated rings. The van der Waals surface area contributed by atoms with E-state index in [1.165, 1.54) is 16.9 Å². The highest BCUT2D eigenvalue weighted by molar-refractivity contribution is 7.17. The van der Waals surface area contributed by atoms with Gasteiger partial charge in [0.05, 0.1) is 11.7 Å². The molecule has 2 aliphatic carbocycles. The van der Waals surface area contributed by atoms with Crippen molar-refractivity contribution >= 4 is 28.2 Å². The number of thiophene rings is 1. The summed E-state index contributed by atoms with van der Waals surface area (Å²) in [5.41, 5.74) is 2.91. The number of aryl methyl sites for hydroxylation is 1. The van der Waals surface area contributed by atoms with E-state index in [9.17, 15) is 9.59 Å². The topological polar surface area (TPSA) is 55.4 Å². The number of nitrogens with one attached hydrogen (secondary N) is 1. The zero-order valence-electron chi connectivity index (χ0n) is 16.5. The summed E-state index contributed by atoms with van der Waals surface area (Å²) in [5.74, 6) is -0.0210. The van der Waals surface area contributed by atoms with Crippen molar-refractivity contribution in [3.05, 3.63) is 51.9 Å². The number of carbonyl (C=O) groups excluding carboxylic acids is 2. The van der Waals surface area contributed by atoms with Crippen molar-refractivity contribution < 1.29 is 14.3 Å². The molecule has 0 saturated heterocycles. The Morgan fingerprint density at radius 3 is 2.61 bits per heavy atom. The summed E-state index contributed by atoms with van der Waals surface area (Å²) in [6.07, 6.45) is 5.96. The van der Waals surface area contributed by atoms with Gasteiger partial charge in [0, 0.05) is 10.8 Å². The maximum absolute atomic E-state index is 12.9. The highest BCUT2D eigenvalue weighted by Crippen LogP contribution is 2.48. The van der Waals surface area contributed by atoms with Gasteiger partial charge >= 0.3 is 5.97 Å². The van der Waals surface area contributed by atoms with Crippen LogP contribution in [-0.4, -0.2) is 18.0 Å². The van der Waals surface area contributed by atoms with Crippen LogP contribution in [0.25, 0.3) is 0 Å². The first-order chi connectivity index (χ1) is 13.5. The molecule has 2 atom stereocenters. The van der Waals surface area contributed by atoms with Crippen molar-refractivity contribution in [1.29, 1.82) is 0 Å². The number of hydrogen-bond donors (Lipinski definition) is 1. The number of ether oxygens (including phenoxy) is 1. The molecule has 2 unspecified atom stereocenters. The minimum atomic E-state index is -0.305. The molecule has 1 aromatic heterocycles. The van der Waals surface area contributed by atoms with E-state index in [0.29, 0.717) is 10.6 Å². The van der Waals surface area contributed by atoms with Gasteiger partial charge in [0.1, 0.15) is 5.00 Å². The van der Waals surface area contributed by atoms with E-state index in [2.05, 4.69) is 17.4 Å². The van der Waals surface area contributed by atoms with Gasteiger partial charge in [-0.05, 0) is 63.0 Å². The Hall–Kier alpha value is -2.14. The summed E-state index contributed by atoms with van der Waals surface area (Å²) >= 11 is 1.57. The molecule has 1 amide bonds. The van der Waals surface area contributed by atoms with Crippen LogP contribution < -0.4 is 5.32 Å². The van der Waals surface area contributed by atoms with E-state index < -0.39 is 0 Å². The number of esters is 1. The van der Waals surface area contributed by atoms with Gasteiger partial charge in [-0.15, -0.1) is 11.3 Å². The fourth-order valence-corrected chi connectivity index (χ4v) is 5.36. The van der Waals surface area contributed by atoms with Crippen molar-refractivity contribution in [2.24, 2.45) is 5.92 Å². The average molecular weight is 398 g/mol. The summed E-state index contributed by atoms with van der Waals surface area (Å²) in [5, 5.41) is 3.76. The lowest BCUT2D eigenvalue weighted by molar-refractivity contribution is -0.117. The van der Waals surface area contributed by atoms with Gasteiger partial charge < -0.3 is 10.1 Å². The van der Waals surface area contributed by atoms with Crippen LogP contribution in [0, 0.1) is 5.92 Å². The normalized spacial score (nSPS) is 21.0. The second-order valence-electron chi connectivity index (χ2n) is 8.07. The first-order valence-corrected chi connectivity index (χ1v) is 11.1. The first kappa shape index (κ1) is 19.2. The first-order valence-electron chi connectivity index (χ1n) is 10.3. The Balaban J connectivity index is 1.55. The molecule has 0 aliphatic heterocycles. The van der Waals surface area contributed by atoms with Crippen LogP contribution in [0.1, 0.15) is 71.8 Å². The predicted molar refractivity (Wildman–Crippen MR) is 112 cm³/mol. The van der Waals surface area contributed by atoms with Crippen LogP contribution in [0.15, 0.2) is 30.3 Å². The molecule has 2 aromatic rings. The average Bonchev–Trinajstić information content (AvgIpc) is 3.43. The molecule has 1 saturated carbocycles. The van der Waals surface area contributed by atoms with Crippen LogP contribution in [0.2, 0.25) is 0 Å². The quantitative estimate of drug-likeness (QED) is 0.548. The number of carbonyl (C=O) groups is 2. The highest BCUT2D eigenvalue weighted by atomic mass is 32.1. The molecule has 148 valence electrons. The standard InChI is InChI=1S/C23H27NO3S/c1-14(2)27-23(26)20-16-11-7-4-8-12-19(16)28-22(20)24-21(25)18-13-17(18)15-9-5-3-6-10-15/h3,5-6,9-10,14,17-18H,4,7-8,11-13H2,1-2H3,(H,24,25). The van der Waals surface area contributed by atoms with Crippen LogP contribution in [-0.2, 0) is 22.4 Å². The van der Waals surface area contributed by atoms with Gasteiger partial charge in [-0.3, -0.25) is 4.79 Å². The van der Waals surface area contributed by atoms with Crippen LogP contribution in [0.3, 0.4) is 0 Å². The van der Waals surface area contributed by atoms with E-state index in [0.717, 1.165) is 37.7 Å². The maximum Gasteiger partial charge on any atom is 0.341 e. The minimum absolute atomic E-state index is 0.0155. The lowest BCUT2D eigenvalue weighted by Crippen LogP contribution is -2.18. The molecule has 1 aromatic carbocycles. The number of anilines is 1. The summed E-state index contributed by atoms with van der Waals surface area (Å²) in [6.45, 7) is 3.71. The largest absolute Gasteiger partial charge is 0.459 e. The molecular weight excluding hydrogens is 370 g/mol. The molecule has 1 heterocycles. The van der Waals surface area contributed by atoms with Crippen LogP contribution >= 0.6 is 11.3 Å². The van der Waals surface area contributed by atoms with Crippen molar-refractivity contribution in [3.8, 4) is 0 Å². The van der Waals surface area contributed by atoms with Gasteiger partial charge in [-0.25, -0.2) is 4.79 Å². The minimum Gasteiger partial charge on any atom is -0.459 e. The smallest absolute Gasteiger partial charge is 0.341 e. The number of hydrogen-bond acceptors (Lipinski definition) is 4. The van der Waals surface area contributed by atoms with E-state index >= 15 is 0 Å². The molecule has 1 N–H and O–H groups in total. The number of fused-ring (bicyclic) bond motifs is 1. The van der Waals surface area contributed by atoms with E-state index in [1.54, 1.807) is 11.3 Å². The summed E-state index contributed by atoms with van der Waals surface area (Å²) in [6, 6.07) is 10.2. The van der Waals surface area contributed by atoms with Gasteiger partial charge in [-0.1, -0.05) is 36.8 Å². The van der Waals surface area contributed by atoms with E-state index in [-0.39, 0.29) is 29.8 Å². The third-order valence-corrected chi connectivity index (χ3v) is 6.77. The Morgan fingerprint density at radius 2 is 1.86 bits per heavy atom. The van der Waals surface area contributed by atoms with E-state index in [1.807, 2.05) is 32.0 Å². The lowest BCUT2D eigenvalue weighted by atomic mass is 10.1. The number of benzene rings is 1. The van der Waals surface area contributed by atoms with Gasteiger partial charge in [-0.2, -0.15) is 0 Å². The van der Waals surface area contributed by atoms with Gasteiger partial charge in [0.15, 0.2) is 0 Å². The summed E-state index contributed by atoms with van der Waals surface area (Å²) in [7, 11) is 0. The second-order valence-corrected chi connectivity index (χ2v) is 9.18. The fraction of sp³-hybridized carbons (Fsp3) is 0.478. The molecule has 0 spiro atoms. The van der Waals surface area contributed by atoms with Gasteiger partial charge in [0.25, 0.3) is 0 Å². The molecular formula is C23H27NO3S. The Morgan fingerprint density at radius 1 is 1.11 bits per heavy atom. The summed E-state index contributed by atoms with van der Waals surface area (Å²) < 4.78 is 5.51. The van der Waals surface area contributed by atoms with Crippen LogP contribution in [0.5, 0.6) is 0 Å². The molecule has 4 nitrogen and oxygen atoms in total. The number of amides is 1. The zero-order chi connectivity index (χ0) is 19.7. The van der Waals surface area contributed by atoms with Crippen molar-refractivity contribution in [2.45, 2.75) is 64.4 Å². The Labute approximate surface area is 170 Å². The highest BCUT2D eigenvalue weighted by Gasteiger charge is 2.44. The van der Waals surface area contributed by atoms with Crippen LogP contribution in [0.4, 0.5) is 5.00 Å². The molecule has 2 aliphatic rings. The third kappa shape index (κ3) is 4.00. The Kier molecular flexibility index (Phi) is 5.54. The van der Waals surface area contributed by atoms with Gasteiger partial charge in [0.2, 0.25) is 5.91 Å². The molecule has 4 rings (SSSR count). The molecule has 5 heteroatoms. The Bertz CT molecular complexity index is 871. The predicted octanol–water partition coefficient (Wildman–Crippen LogP) is 5.32. The molecule has 0 bridgehead atoms. The van der Waals surface area contributed by atoms with Crippen molar-refractivity contribution in [3.63, 3.8) is 0 Å². The fourth-order valence-electron chi connectivity index (χ4n) is 4.08. The monoisotopic (exact) mass is 397 g/mol. The molecule has 28 heavy (non-hydrogen) atoms. The number of rotatable bonds is 5. The summed E-state index contributed by atoms with van der Waals surface area (Å²) in [4.78, 5) is 26.9. The third-order valence-electron chi connectivity index (χ3n) is 5.56. The molecule has 0 radical (unpaired) electrons. The zero-order valence-corrected chi connectivity index (χ0v) is 17.3. The second kappa shape index (κ2) is 8.08. The SMILES string of the molecule is CC(C)OC(=O)c1c(NC(=O)C2CC2c2ccccc2)sc2c1CCCCC2. The maximum atomic E-state index is 12.9. The lowest BCUT2D eigenvalue weighted by Gasteiger charge is -2.11.